The first kappa shape index (κ1) is 34.1. The van der Waals surface area contributed by atoms with Crippen molar-refractivity contribution in [1.82, 2.24) is 0 Å². The minimum absolute atomic E-state index is 0.0253. The number of hydrogen-bond acceptors (Lipinski definition) is 12. The summed E-state index contributed by atoms with van der Waals surface area (Å²) >= 11 is 0. The van der Waals surface area contributed by atoms with Crippen LogP contribution in [0.25, 0.3) is 0 Å². The summed E-state index contributed by atoms with van der Waals surface area (Å²) in [4.78, 5) is 0. The number of ether oxygens (including phenoxy) is 3. The molecular weight excluding hydrogens is 588 g/mol. The molecule has 45 heavy (non-hydrogen) atoms. The minimum atomic E-state index is -1.53. The van der Waals surface area contributed by atoms with Crippen LogP contribution < -0.4 is 0 Å². The van der Waals surface area contributed by atoms with E-state index in [1.807, 2.05) is 13.8 Å². The van der Waals surface area contributed by atoms with Gasteiger partial charge in [-0.2, -0.15) is 0 Å². The Balaban J connectivity index is 1.09. The number of fused-ring (bicyclic) bond motifs is 7. The van der Waals surface area contributed by atoms with Gasteiger partial charge in [-0.1, -0.05) is 32.9 Å². The van der Waals surface area contributed by atoms with Crippen LogP contribution in [0.5, 0.6) is 0 Å². The second-order valence-corrected chi connectivity index (χ2v) is 15.7. The van der Waals surface area contributed by atoms with Gasteiger partial charge in [-0.05, 0) is 73.5 Å². The van der Waals surface area contributed by atoms with E-state index in [1.165, 1.54) is 0 Å². The van der Waals surface area contributed by atoms with Crippen LogP contribution >= 0.6 is 0 Å². The fraction of sp³-hybridized carbons (Fsp3) is 0.939. The zero-order chi connectivity index (χ0) is 32.8. The van der Waals surface area contributed by atoms with E-state index in [-0.39, 0.29) is 66.5 Å². The van der Waals surface area contributed by atoms with Gasteiger partial charge >= 0.3 is 0 Å². The number of aliphatic hydroxyl groups excluding tert-OH is 8. The molecule has 0 radical (unpaired) electrons. The maximum absolute atomic E-state index is 11.8. The Bertz CT molecular complexity index is 1110. The average Bonchev–Trinajstić information content (AvgIpc) is 3.44. The maximum Gasteiger partial charge on any atom is 0.187 e. The molecule has 6 aliphatic rings. The van der Waals surface area contributed by atoms with Gasteiger partial charge in [-0.3, -0.25) is 0 Å². The molecule has 12 heteroatoms. The molecule has 2 saturated heterocycles. The molecule has 6 fully saturated rings. The van der Waals surface area contributed by atoms with E-state index < -0.39 is 72.9 Å². The number of aliphatic hydroxyl groups is 9. The maximum atomic E-state index is 11.8. The summed E-state index contributed by atoms with van der Waals surface area (Å²) in [7, 11) is 0. The fourth-order valence-corrected chi connectivity index (χ4v) is 11.2. The van der Waals surface area contributed by atoms with Crippen LogP contribution in [0.3, 0.4) is 0 Å². The Morgan fingerprint density at radius 2 is 1.60 bits per heavy atom. The Kier molecular flexibility index (Phi) is 9.10. The van der Waals surface area contributed by atoms with E-state index >= 15 is 0 Å². The molecule has 0 aromatic carbocycles. The molecule has 2 aliphatic heterocycles. The topological polar surface area (TPSA) is 210 Å². The van der Waals surface area contributed by atoms with E-state index in [1.54, 1.807) is 0 Å². The van der Waals surface area contributed by atoms with Crippen LogP contribution in [-0.4, -0.2) is 126 Å². The largest absolute Gasteiger partial charge is 0.394 e. The quantitative estimate of drug-likeness (QED) is 0.160. The predicted molar refractivity (Wildman–Crippen MR) is 158 cm³/mol. The average molecular weight is 643 g/mol. The minimum Gasteiger partial charge on any atom is -0.394 e. The molecule has 0 aromatic rings. The molecule has 2 heterocycles. The van der Waals surface area contributed by atoms with E-state index in [9.17, 15) is 46.0 Å². The normalized spacial score (nSPS) is 57.5. The highest BCUT2D eigenvalue weighted by molar-refractivity contribution is 5.18. The molecule has 6 rings (SSSR count). The lowest BCUT2D eigenvalue weighted by atomic mass is 9.43. The van der Waals surface area contributed by atoms with Crippen molar-refractivity contribution < 1.29 is 60.2 Å². The number of hydrogen-bond donors (Lipinski definition) is 9. The summed E-state index contributed by atoms with van der Waals surface area (Å²) in [6, 6.07) is 0. The first-order valence-corrected chi connectivity index (χ1v) is 16.8. The van der Waals surface area contributed by atoms with Gasteiger partial charge in [-0.15, -0.1) is 0 Å². The molecule has 19 atom stereocenters. The van der Waals surface area contributed by atoms with E-state index in [2.05, 4.69) is 13.5 Å². The molecule has 258 valence electrons. The summed E-state index contributed by atoms with van der Waals surface area (Å²) in [6.45, 7) is 9.78. The third-order valence-corrected chi connectivity index (χ3v) is 13.7. The van der Waals surface area contributed by atoms with Crippen molar-refractivity contribution in [2.75, 3.05) is 13.2 Å². The Labute approximate surface area is 264 Å². The van der Waals surface area contributed by atoms with Crippen molar-refractivity contribution in [2.45, 2.75) is 133 Å². The second kappa shape index (κ2) is 12.0. The molecular formula is C33H54O12. The predicted octanol–water partition coefficient (Wildman–Crippen LogP) is -0.595. The summed E-state index contributed by atoms with van der Waals surface area (Å²) < 4.78 is 17.5. The smallest absolute Gasteiger partial charge is 0.187 e. The SMILES string of the molecule is C=C(CCC1(O)O[C@H]2C[C@H]3[C@@H]4C[C@H](O)[C@@H]5C[C@@H](O)[C@@H](O)[C@@H](O)[C@]5(C)[C@H]4CC[C@]3(C)[C@H]2[C@@H]1C)CO[C@@H]1O[C@H](CO)[C@@H](O)[C@H](O)[C@H]1O. The number of rotatable bonds is 7. The van der Waals surface area contributed by atoms with Gasteiger partial charge in [0, 0.05) is 17.8 Å². The fourth-order valence-electron chi connectivity index (χ4n) is 11.2. The van der Waals surface area contributed by atoms with Crippen LogP contribution in [0, 0.1) is 46.3 Å². The van der Waals surface area contributed by atoms with E-state index in [0.717, 1.165) is 19.3 Å². The molecule has 4 saturated carbocycles. The first-order chi connectivity index (χ1) is 21.1. The Morgan fingerprint density at radius 3 is 2.29 bits per heavy atom. The van der Waals surface area contributed by atoms with Crippen LogP contribution in [0.15, 0.2) is 12.2 Å². The molecule has 0 amide bonds. The second-order valence-electron chi connectivity index (χ2n) is 15.7. The van der Waals surface area contributed by atoms with Crippen molar-refractivity contribution in [3.05, 3.63) is 12.2 Å². The summed E-state index contributed by atoms with van der Waals surface area (Å²) in [5.41, 5.74) is -0.222. The van der Waals surface area contributed by atoms with Crippen molar-refractivity contribution in [2.24, 2.45) is 46.3 Å². The van der Waals surface area contributed by atoms with Gasteiger partial charge in [0.15, 0.2) is 12.1 Å². The molecule has 1 unspecified atom stereocenters. The highest BCUT2D eigenvalue weighted by Gasteiger charge is 2.70. The monoisotopic (exact) mass is 642 g/mol. The zero-order valence-electron chi connectivity index (χ0n) is 26.6. The van der Waals surface area contributed by atoms with Gasteiger partial charge in [-0.25, -0.2) is 0 Å². The van der Waals surface area contributed by atoms with Crippen LogP contribution in [0.1, 0.15) is 65.7 Å². The van der Waals surface area contributed by atoms with Crippen molar-refractivity contribution >= 4 is 0 Å². The highest BCUT2D eigenvalue weighted by Crippen LogP contribution is 2.70. The van der Waals surface area contributed by atoms with Crippen molar-refractivity contribution in [1.29, 1.82) is 0 Å². The highest BCUT2D eigenvalue weighted by atomic mass is 16.7. The molecule has 0 aromatic heterocycles. The third kappa shape index (κ3) is 5.18. The van der Waals surface area contributed by atoms with Gasteiger partial charge in [0.25, 0.3) is 0 Å². The van der Waals surface area contributed by atoms with Crippen LogP contribution in [0.2, 0.25) is 0 Å². The molecule has 0 spiro atoms. The standard InChI is InChI=1S/C33H54O12/c1-14(13-43-30-28(40)27(39)26(38)23(12-34)44-30)5-8-33(42)15(2)24-22(45-33)11-18-16-9-20(35)19-10-21(36)25(37)29(41)32(19,4)17(16)6-7-31(18,24)3/h15-30,34-42H,1,5-13H2,2-4H3/t15-,16+,17-,18-,19-,20-,21+,22-,23+,24-,25+,26+,27-,28+,29+,30+,31-,32+,33?/m0/s1. The van der Waals surface area contributed by atoms with Gasteiger partial charge in [0.2, 0.25) is 0 Å². The lowest BCUT2D eigenvalue weighted by Gasteiger charge is -2.64. The van der Waals surface area contributed by atoms with Crippen molar-refractivity contribution in [3.63, 3.8) is 0 Å². The zero-order valence-corrected chi connectivity index (χ0v) is 26.6. The Hall–Kier alpha value is -0.740. The molecule has 9 N–H and O–H groups in total. The van der Waals surface area contributed by atoms with Gasteiger partial charge < -0.3 is 60.2 Å². The third-order valence-electron chi connectivity index (χ3n) is 13.7. The summed E-state index contributed by atoms with van der Waals surface area (Å²) in [5, 5.41) is 95.0. The molecule has 12 nitrogen and oxygen atoms in total. The first-order valence-electron chi connectivity index (χ1n) is 16.8. The van der Waals surface area contributed by atoms with Crippen LogP contribution in [-0.2, 0) is 14.2 Å². The van der Waals surface area contributed by atoms with E-state index in [0.29, 0.717) is 18.4 Å². The van der Waals surface area contributed by atoms with Crippen LogP contribution in [0.4, 0.5) is 0 Å². The van der Waals surface area contributed by atoms with E-state index in [4.69, 9.17) is 14.2 Å². The Morgan fingerprint density at radius 1 is 0.889 bits per heavy atom. The van der Waals surface area contributed by atoms with Gasteiger partial charge in [0.05, 0.1) is 37.6 Å². The lowest BCUT2D eigenvalue weighted by molar-refractivity contribution is -0.299. The van der Waals surface area contributed by atoms with Crippen molar-refractivity contribution in [3.8, 4) is 0 Å². The molecule has 0 bridgehead atoms. The summed E-state index contributed by atoms with van der Waals surface area (Å²) in [5.74, 6) is -1.29. The summed E-state index contributed by atoms with van der Waals surface area (Å²) in [6.07, 6.45) is -7.08. The lowest BCUT2D eigenvalue weighted by Crippen LogP contribution is -2.67. The van der Waals surface area contributed by atoms with Gasteiger partial charge in [0.1, 0.15) is 30.5 Å². The molecule has 4 aliphatic carbocycles.